The number of anilines is 1. The third-order valence-electron chi connectivity index (χ3n) is 4.31. The van der Waals surface area contributed by atoms with E-state index in [9.17, 15) is 13.2 Å². The van der Waals surface area contributed by atoms with Crippen molar-refractivity contribution in [1.29, 1.82) is 0 Å². The lowest BCUT2D eigenvalue weighted by molar-refractivity contribution is -0.147. The molecule has 0 aliphatic heterocycles. The van der Waals surface area contributed by atoms with Gasteiger partial charge in [0.05, 0.1) is 39.8 Å². The number of esters is 1. The Morgan fingerprint density at radius 2 is 2.06 bits per heavy atom. The van der Waals surface area contributed by atoms with E-state index in [4.69, 9.17) is 27.9 Å². The van der Waals surface area contributed by atoms with E-state index in [0.717, 1.165) is 6.26 Å². The molecule has 0 amide bonds. The predicted molar refractivity (Wildman–Crippen MR) is 120 cm³/mol. The van der Waals surface area contributed by atoms with Gasteiger partial charge in [-0.05, 0) is 32.0 Å². The van der Waals surface area contributed by atoms with Crippen LogP contribution in [0, 0.1) is 6.92 Å². The molecule has 0 aliphatic carbocycles. The maximum absolute atomic E-state index is 12.6. The monoisotopic (exact) mass is 503 g/mol. The molecule has 0 radical (unpaired) electrons. The summed E-state index contributed by atoms with van der Waals surface area (Å²) in [5.41, 5.74) is 2.81. The van der Waals surface area contributed by atoms with Gasteiger partial charge in [0.15, 0.2) is 0 Å². The van der Waals surface area contributed by atoms with Gasteiger partial charge in [0.1, 0.15) is 16.1 Å². The Kier molecular flexibility index (Phi) is 6.89. The van der Waals surface area contributed by atoms with Crippen LogP contribution in [0.25, 0.3) is 11.4 Å². The quantitative estimate of drug-likeness (QED) is 0.487. The molecule has 3 rings (SSSR count). The number of carbonyl (C=O) groups is 1. The molecule has 0 unspecified atom stereocenters. The predicted octanol–water partition coefficient (Wildman–Crippen LogP) is 3.77. The molecule has 1 atom stereocenters. The molecule has 0 saturated carbocycles. The lowest BCUT2D eigenvalue weighted by Gasteiger charge is -2.13. The van der Waals surface area contributed by atoms with Gasteiger partial charge in [-0.1, -0.05) is 28.4 Å². The van der Waals surface area contributed by atoms with Gasteiger partial charge in [-0.25, -0.2) is 13.4 Å². The number of ether oxygens (including phenoxy) is 1. The summed E-state index contributed by atoms with van der Waals surface area (Å²) in [5, 5.41) is 8.09. The van der Waals surface area contributed by atoms with Crippen molar-refractivity contribution in [1.82, 2.24) is 20.0 Å². The smallest absolute Gasteiger partial charge is 0.312 e. The molecule has 0 bridgehead atoms. The summed E-state index contributed by atoms with van der Waals surface area (Å²) >= 11 is 13.3. The second-order valence-corrected chi connectivity index (χ2v) is 10.8. The normalized spacial score (nSPS) is 12.6. The summed E-state index contributed by atoms with van der Waals surface area (Å²) in [5.74, 6) is -0.496. The number of carbonyl (C=O) groups excluding carboxylic acids is 1. The fraction of sp³-hybridized carbons (Fsp3) is 0.333. The highest BCUT2D eigenvalue weighted by Gasteiger charge is 2.22. The minimum Gasteiger partial charge on any atom is -0.457 e. The molecule has 9 nitrogen and oxygen atoms in total. The fourth-order valence-corrected chi connectivity index (χ4v) is 5.08. The van der Waals surface area contributed by atoms with Crippen molar-refractivity contribution in [2.75, 3.05) is 11.0 Å². The number of nitrogens with zero attached hydrogens (tertiary/aromatic N) is 4. The zero-order valence-electron chi connectivity index (χ0n) is 17.0. The van der Waals surface area contributed by atoms with E-state index in [-0.39, 0.29) is 6.42 Å². The van der Waals surface area contributed by atoms with Gasteiger partial charge in [-0.15, -0.1) is 16.4 Å². The van der Waals surface area contributed by atoms with E-state index in [1.54, 1.807) is 39.1 Å². The number of halogens is 2. The van der Waals surface area contributed by atoms with Crippen molar-refractivity contribution in [2.45, 2.75) is 26.4 Å². The van der Waals surface area contributed by atoms with Crippen LogP contribution in [0.3, 0.4) is 0 Å². The standard InChI is InChI=1S/C18H19Cl2N5O4S2/c1-9-12(23-31(4,27)28)5-6-13(21-9)17-14(25(3)24-22-17)8-16(26)29-10(2)11-7-15(19)30-18(11)20/h5-7,10,23H,8H2,1-4H3/t10-/m1/s1. The molecular weight excluding hydrogens is 485 g/mol. The van der Waals surface area contributed by atoms with Crippen LogP contribution in [0.15, 0.2) is 18.2 Å². The number of pyridine rings is 1. The largest absolute Gasteiger partial charge is 0.457 e. The summed E-state index contributed by atoms with van der Waals surface area (Å²) in [7, 11) is -1.78. The molecule has 3 aromatic heterocycles. The maximum atomic E-state index is 12.6. The Hall–Kier alpha value is -2.21. The Bertz CT molecular complexity index is 1240. The number of sulfonamides is 1. The zero-order chi connectivity index (χ0) is 22.9. The number of thiophene rings is 1. The van der Waals surface area contributed by atoms with E-state index in [1.165, 1.54) is 16.0 Å². The minimum absolute atomic E-state index is 0.0945. The van der Waals surface area contributed by atoms with Crippen LogP contribution in [0.4, 0.5) is 5.69 Å². The van der Waals surface area contributed by atoms with Crippen LogP contribution in [0.2, 0.25) is 8.67 Å². The highest BCUT2D eigenvalue weighted by Crippen LogP contribution is 2.36. The zero-order valence-corrected chi connectivity index (χ0v) is 20.2. The Labute approximate surface area is 193 Å². The van der Waals surface area contributed by atoms with Gasteiger partial charge in [-0.3, -0.25) is 14.2 Å². The Morgan fingerprint density at radius 1 is 1.35 bits per heavy atom. The van der Waals surface area contributed by atoms with Gasteiger partial charge in [0.25, 0.3) is 0 Å². The summed E-state index contributed by atoms with van der Waals surface area (Å²) in [6.45, 7) is 3.38. The topological polar surface area (TPSA) is 116 Å². The third-order valence-corrected chi connectivity index (χ3v) is 6.42. The molecule has 31 heavy (non-hydrogen) atoms. The van der Waals surface area contributed by atoms with Crippen LogP contribution in [0.5, 0.6) is 0 Å². The lowest BCUT2D eigenvalue weighted by atomic mass is 10.1. The molecule has 1 N–H and O–H groups in total. The molecule has 0 saturated heterocycles. The first kappa shape index (κ1) is 23.5. The second-order valence-electron chi connectivity index (χ2n) is 6.80. The number of nitrogens with one attached hydrogen (secondary N) is 1. The number of aromatic nitrogens is 4. The molecule has 0 fully saturated rings. The fourth-order valence-electron chi connectivity index (χ4n) is 2.84. The van der Waals surface area contributed by atoms with E-state index in [2.05, 4.69) is 20.0 Å². The Morgan fingerprint density at radius 3 is 2.65 bits per heavy atom. The van der Waals surface area contributed by atoms with Gasteiger partial charge in [0.2, 0.25) is 10.0 Å². The van der Waals surface area contributed by atoms with Crippen molar-refractivity contribution >= 4 is 56.2 Å². The van der Waals surface area contributed by atoms with Crippen molar-refractivity contribution in [2.24, 2.45) is 7.05 Å². The van der Waals surface area contributed by atoms with Crippen molar-refractivity contribution in [3.63, 3.8) is 0 Å². The van der Waals surface area contributed by atoms with Gasteiger partial charge < -0.3 is 4.74 Å². The molecular formula is C18H19Cl2N5O4S2. The number of hydrogen-bond acceptors (Lipinski definition) is 8. The molecule has 3 heterocycles. The van der Waals surface area contributed by atoms with E-state index in [1.807, 2.05) is 0 Å². The highest BCUT2D eigenvalue weighted by molar-refractivity contribution is 7.92. The summed E-state index contributed by atoms with van der Waals surface area (Å²) in [6, 6.07) is 4.86. The average molecular weight is 504 g/mol. The third kappa shape index (κ3) is 5.73. The summed E-state index contributed by atoms with van der Waals surface area (Å²) in [4.78, 5) is 17.0. The summed E-state index contributed by atoms with van der Waals surface area (Å²) in [6.07, 6.45) is 0.392. The van der Waals surface area contributed by atoms with Crippen molar-refractivity contribution in [3.8, 4) is 11.4 Å². The number of aryl methyl sites for hydroxylation is 2. The van der Waals surface area contributed by atoms with Gasteiger partial charge >= 0.3 is 5.97 Å². The first-order chi connectivity index (χ1) is 14.4. The number of hydrogen-bond donors (Lipinski definition) is 1. The van der Waals surface area contributed by atoms with Crippen LogP contribution < -0.4 is 4.72 Å². The molecule has 3 aromatic rings. The van der Waals surface area contributed by atoms with Crippen molar-refractivity contribution < 1.29 is 17.9 Å². The number of rotatable bonds is 7. The van der Waals surface area contributed by atoms with E-state index in [0.29, 0.717) is 42.7 Å². The van der Waals surface area contributed by atoms with E-state index >= 15 is 0 Å². The van der Waals surface area contributed by atoms with Gasteiger partial charge in [-0.2, -0.15) is 0 Å². The van der Waals surface area contributed by atoms with Crippen molar-refractivity contribution in [3.05, 3.63) is 43.8 Å². The molecule has 0 aliphatic rings. The first-order valence-corrected chi connectivity index (χ1v) is 12.4. The van der Waals surface area contributed by atoms with Crippen LogP contribution >= 0.6 is 34.5 Å². The van der Waals surface area contributed by atoms with Crippen LogP contribution in [-0.4, -0.2) is 40.6 Å². The minimum atomic E-state index is -3.43. The summed E-state index contributed by atoms with van der Waals surface area (Å²) < 4.78 is 33.3. The molecule has 13 heteroatoms. The second kappa shape index (κ2) is 9.11. The lowest BCUT2D eigenvalue weighted by Crippen LogP contribution is -2.14. The molecule has 0 spiro atoms. The maximum Gasteiger partial charge on any atom is 0.312 e. The van der Waals surface area contributed by atoms with Crippen LogP contribution in [0.1, 0.15) is 30.0 Å². The van der Waals surface area contributed by atoms with Gasteiger partial charge in [0, 0.05) is 12.6 Å². The Balaban J connectivity index is 1.80. The highest BCUT2D eigenvalue weighted by atomic mass is 35.5. The van der Waals surface area contributed by atoms with Crippen LogP contribution in [-0.2, 0) is 33.0 Å². The first-order valence-electron chi connectivity index (χ1n) is 8.93. The molecule has 166 valence electrons. The average Bonchev–Trinajstić information content (AvgIpc) is 3.17. The molecule has 0 aromatic carbocycles. The van der Waals surface area contributed by atoms with E-state index < -0.39 is 22.1 Å². The SMILES string of the molecule is Cc1nc(-c2nnn(C)c2CC(=O)O[C@H](C)c2cc(Cl)sc2Cl)ccc1NS(C)(=O)=O.